The third kappa shape index (κ3) is 4.18. The summed E-state index contributed by atoms with van der Waals surface area (Å²) in [6.45, 7) is 4.62. The quantitative estimate of drug-likeness (QED) is 0.877. The molecule has 1 aliphatic rings. The molecule has 3 heterocycles. The fourth-order valence-corrected chi connectivity index (χ4v) is 3.16. The van der Waals surface area contributed by atoms with Crippen LogP contribution in [0.1, 0.15) is 12.6 Å². The minimum atomic E-state index is -1.05. The molecule has 2 aromatic rings. The van der Waals surface area contributed by atoms with Gasteiger partial charge in [-0.2, -0.15) is 5.10 Å². The Kier molecular flexibility index (Phi) is 4.92. The Morgan fingerprint density at radius 1 is 1.25 bits per heavy atom. The molecule has 0 aliphatic carbocycles. The maximum Gasteiger partial charge on any atom is 0.219 e. The first kappa shape index (κ1) is 16.6. The summed E-state index contributed by atoms with van der Waals surface area (Å²) < 4.78 is 1.71. The molecule has 0 radical (unpaired) electrons. The van der Waals surface area contributed by atoms with Crippen molar-refractivity contribution in [1.82, 2.24) is 24.6 Å². The van der Waals surface area contributed by atoms with Crippen LogP contribution >= 0.6 is 0 Å². The molecular weight excluding hydrogens is 306 g/mol. The number of carbonyl (C=O) groups is 1. The molecular formula is C17H23N5O2. The highest BCUT2D eigenvalue weighted by Gasteiger charge is 2.36. The number of β-amino-alcohol motifs (C(OH)–C–C–N with tert-alkyl or cyclic N) is 1. The van der Waals surface area contributed by atoms with Gasteiger partial charge in [0.05, 0.1) is 18.8 Å². The molecule has 128 valence electrons. The lowest BCUT2D eigenvalue weighted by Gasteiger charge is -2.32. The zero-order valence-electron chi connectivity index (χ0n) is 13.9. The van der Waals surface area contributed by atoms with E-state index in [1.54, 1.807) is 28.9 Å². The van der Waals surface area contributed by atoms with Gasteiger partial charge in [-0.25, -0.2) is 0 Å². The molecule has 1 fully saturated rings. The molecule has 0 spiro atoms. The van der Waals surface area contributed by atoms with E-state index >= 15 is 0 Å². The maximum absolute atomic E-state index is 11.9. The van der Waals surface area contributed by atoms with Crippen LogP contribution in [0.5, 0.6) is 0 Å². The second-order valence-electron chi connectivity index (χ2n) is 6.40. The summed E-state index contributed by atoms with van der Waals surface area (Å²) in [6.07, 6.45) is 5.28. The number of hydrogen-bond acceptors (Lipinski definition) is 5. The summed E-state index contributed by atoms with van der Waals surface area (Å²) in [5, 5.41) is 15.4. The van der Waals surface area contributed by atoms with Gasteiger partial charge in [0, 0.05) is 51.7 Å². The van der Waals surface area contributed by atoms with Crippen LogP contribution in [-0.4, -0.2) is 67.4 Å². The summed E-state index contributed by atoms with van der Waals surface area (Å²) in [5.41, 5.74) is -0.0987. The highest BCUT2D eigenvalue weighted by atomic mass is 16.3. The topological polar surface area (TPSA) is 74.5 Å². The number of carbonyl (C=O) groups excluding carboxylic acids is 1. The third-order valence-electron chi connectivity index (χ3n) is 4.26. The fraction of sp³-hybridized carbons (Fsp3) is 0.471. The first-order valence-electron chi connectivity index (χ1n) is 8.12. The van der Waals surface area contributed by atoms with Crippen molar-refractivity contribution in [3.05, 3.63) is 48.5 Å². The van der Waals surface area contributed by atoms with Crippen molar-refractivity contribution in [2.24, 2.45) is 0 Å². The van der Waals surface area contributed by atoms with Crippen LogP contribution in [0.4, 0.5) is 0 Å². The van der Waals surface area contributed by atoms with Crippen molar-refractivity contribution in [3.63, 3.8) is 0 Å². The average Bonchev–Trinajstić information content (AvgIpc) is 2.98. The molecule has 1 atom stereocenters. The van der Waals surface area contributed by atoms with E-state index in [4.69, 9.17) is 0 Å². The first-order chi connectivity index (χ1) is 11.5. The predicted octanol–water partition coefficient (Wildman–Crippen LogP) is 0.373. The van der Waals surface area contributed by atoms with Crippen molar-refractivity contribution in [1.29, 1.82) is 0 Å². The van der Waals surface area contributed by atoms with E-state index in [1.165, 1.54) is 0 Å². The molecule has 0 bridgehead atoms. The summed E-state index contributed by atoms with van der Waals surface area (Å²) in [5.74, 6) is -0.0198. The van der Waals surface area contributed by atoms with E-state index in [9.17, 15) is 9.90 Å². The van der Waals surface area contributed by atoms with E-state index < -0.39 is 5.60 Å². The smallest absolute Gasteiger partial charge is 0.219 e. The van der Waals surface area contributed by atoms with Gasteiger partial charge in [0.15, 0.2) is 0 Å². The predicted molar refractivity (Wildman–Crippen MR) is 88.9 cm³/mol. The third-order valence-corrected chi connectivity index (χ3v) is 4.26. The fourth-order valence-electron chi connectivity index (χ4n) is 3.16. The number of pyridine rings is 1. The van der Waals surface area contributed by atoms with Crippen molar-refractivity contribution >= 4 is 5.91 Å². The van der Waals surface area contributed by atoms with Gasteiger partial charge in [0.2, 0.25) is 5.91 Å². The molecule has 2 aromatic heterocycles. The first-order valence-corrected chi connectivity index (χ1v) is 8.12. The highest BCUT2D eigenvalue weighted by molar-refractivity contribution is 5.73. The lowest BCUT2D eigenvalue weighted by Crippen LogP contribution is -2.50. The SMILES string of the molecule is CC(=O)N1CCN(Cc2ccccn2)CC(O)(Cn2cccn2)C1. The Morgan fingerprint density at radius 2 is 2.12 bits per heavy atom. The molecule has 1 amide bonds. The van der Waals surface area contributed by atoms with Crippen LogP contribution in [0.15, 0.2) is 42.9 Å². The second kappa shape index (κ2) is 7.11. The molecule has 1 N–H and O–H groups in total. The van der Waals surface area contributed by atoms with Gasteiger partial charge in [-0.15, -0.1) is 0 Å². The largest absolute Gasteiger partial charge is 0.385 e. The standard InChI is InChI=1S/C17H23N5O2/c1-15(23)21-10-9-20(11-16-5-2-3-6-18-16)12-17(24,13-21)14-22-8-4-7-19-22/h2-8,24H,9-14H2,1H3. The number of aromatic nitrogens is 3. The summed E-state index contributed by atoms with van der Waals surface area (Å²) in [6, 6.07) is 7.64. The molecule has 1 aliphatic heterocycles. The van der Waals surface area contributed by atoms with E-state index in [-0.39, 0.29) is 5.91 Å². The Morgan fingerprint density at radius 3 is 2.79 bits per heavy atom. The molecule has 7 heteroatoms. The lowest BCUT2D eigenvalue weighted by molar-refractivity contribution is -0.132. The van der Waals surface area contributed by atoms with Crippen molar-refractivity contribution in [2.45, 2.75) is 25.6 Å². The monoisotopic (exact) mass is 329 g/mol. The van der Waals surface area contributed by atoms with Crippen molar-refractivity contribution < 1.29 is 9.90 Å². The van der Waals surface area contributed by atoms with Gasteiger partial charge >= 0.3 is 0 Å². The minimum absolute atomic E-state index is 0.0198. The van der Waals surface area contributed by atoms with Crippen molar-refractivity contribution in [3.8, 4) is 0 Å². The Labute approximate surface area is 141 Å². The normalized spacial score (nSPS) is 22.3. The molecule has 7 nitrogen and oxygen atoms in total. The number of nitrogens with zero attached hydrogens (tertiary/aromatic N) is 5. The number of aliphatic hydroxyl groups is 1. The van der Waals surface area contributed by atoms with E-state index in [2.05, 4.69) is 15.0 Å². The van der Waals surface area contributed by atoms with Gasteiger partial charge in [0.1, 0.15) is 5.60 Å². The second-order valence-corrected chi connectivity index (χ2v) is 6.40. The van der Waals surface area contributed by atoms with Gasteiger partial charge in [-0.1, -0.05) is 6.07 Å². The zero-order valence-corrected chi connectivity index (χ0v) is 13.9. The van der Waals surface area contributed by atoms with Crippen LogP contribution in [0.25, 0.3) is 0 Å². The van der Waals surface area contributed by atoms with Crippen LogP contribution in [0, 0.1) is 0 Å². The Hall–Kier alpha value is -2.25. The minimum Gasteiger partial charge on any atom is -0.385 e. The van der Waals surface area contributed by atoms with E-state index in [0.717, 1.165) is 5.69 Å². The Bertz CT molecular complexity index is 661. The van der Waals surface area contributed by atoms with E-state index in [0.29, 0.717) is 39.3 Å². The van der Waals surface area contributed by atoms with Crippen LogP contribution in [0.2, 0.25) is 0 Å². The zero-order chi connectivity index (χ0) is 17.0. The molecule has 24 heavy (non-hydrogen) atoms. The Balaban J connectivity index is 1.77. The molecule has 1 saturated heterocycles. The van der Waals surface area contributed by atoms with Crippen LogP contribution in [-0.2, 0) is 17.9 Å². The summed E-state index contributed by atoms with van der Waals surface area (Å²) in [7, 11) is 0. The van der Waals surface area contributed by atoms with Crippen molar-refractivity contribution in [2.75, 3.05) is 26.2 Å². The molecule has 1 unspecified atom stereocenters. The van der Waals surface area contributed by atoms with E-state index in [1.807, 2.05) is 30.5 Å². The van der Waals surface area contributed by atoms with Gasteiger partial charge < -0.3 is 10.0 Å². The summed E-state index contributed by atoms with van der Waals surface area (Å²) in [4.78, 5) is 20.1. The molecule has 0 saturated carbocycles. The molecule has 3 rings (SSSR count). The van der Waals surface area contributed by atoms with Crippen LogP contribution in [0.3, 0.4) is 0 Å². The van der Waals surface area contributed by atoms with Gasteiger partial charge in [0.25, 0.3) is 0 Å². The molecule has 0 aromatic carbocycles. The highest BCUT2D eigenvalue weighted by Crippen LogP contribution is 2.18. The average molecular weight is 329 g/mol. The van der Waals surface area contributed by atoms with Gasteiger partial charge in [-0.3, -0.25) is 19.4 Å². The maximum atomic E-state index is 11.9. The number of amides is 1. The van der Waals surface area contributed by atoms with Crippen LogP contribution < -0.4 is 0 Å². The van der Waals surface area contributed by atoms with Gasteiger partial charge in [-0.05, 0) is 18.2 Å². The summed E-state index contributed by atoms with van der Waals surface area (Å²) >= 11 is 0. The number of hydrogen-bond donors (Lipinski definition) is 1. The lowest BCUT2D eigenvalue weighted by atomic mass is 10.0. The number of rotatable bonds is 4.